The summed E-state index contributed by atoms with van der Waals surface area (Å²) in [5, 5.41) is 4.79. The molecule has 1 aromatic rings. The number of nitrogens with one attached hydrogen (secondary N) is 1. The Morgan fingerprint density at radius 3 is 3.12 bits per heavy atom. The van der Waals surface area contributed by atoms with Crippen molar-refractivity contribution in [3.05, 3.63) is 16.1 Å². The summed E-state index contributed by atoms with van der Waals surface area (Å²) in [4.78, 5) is 8.14. The van der Waals surface area contributed by atoms with Gasteiger partial charge in [-0.25, -0.2) is 4.98 Å². The topological polar surface area (TPSA) is 28.2 Å². The van der Waals surface area contributed by atoms with E-state index in [0.717, 1.165) is 25.4 Å². The SMILES string of the molecule is CCc1ncc(CNCC2CCN(C)C2)s1. The first-order valence-electron chi connectivity index (χ1n) is 6.10. The lowest BCUT2D eigenvalue weighted by molar-refractivity contribution is 0.388. The Balaban J connectivity index is 1.67. The van der Waals surface area contributed by atoms with Crippen LogP contribution in [0.2, 0.25) is 0 Å². The van der Waals surface area contributed by atoms with Gasteiger partial charge < -0.3 is 10.2 Å². The van der Waals surface area contributed by atoms with E-state index in [1.165, 1.54) is 29.4 Å². The van der Waals surface area contributed by atoms with E-state index < -0.39 is 0 Å². The van der Waals surface area contributed by atoms with Crippen molar-refractivity contribution >= 4 is 11.3 Å². The Bertz CT molecular complexity index is 324. The van der Waals surface area contributed by atoms with Gasteiger partial charge in [0.1, 0.15) is 0 Å². The van der Waals surface area contributed by atoms with Crippen LogP contribution in [0.4, 0.5) is 0 Å². The minimum Gasteiger partial charge on any atom is -0.311 e. The Labute approximate surface area is 102 Å². The van der Waals surface area contributed by atoms with Crippen LogP contribution in [0.15, 0.2) is 6.20 Å². The molecule has 2 heterocycles. The van der Waals surface area contributed by atoms with Gasteiger partial charge >= 0.3 is 0 Å². The van der Waals surface area contributed by atoms with Crippen molar-refractivity contribution < 1.29 is 0 Å². The summed E-state index contributed by atoms with van der Waals surface area (Å²) in [6.45, 7) is 6.79. The zero-order valence-corrected chi connectivity index (χ0v) is 11.0. The lowest BCUT2D eigenvalue weighted by Crippen LogP contribution is -2.24. The highest BCUT2D eigenvalue weighted by molar-refractivity contribution is 7.11. The van der Waals surface area contributed by atoms with E-state index in [0.29, 0.717) is 0 Å². The molecule has 0 aromatic carbocycles. The third-order valence-electron chi connectivity index (χ3n) is 3.13. The van der Waals surface area contributed by atoms with Crippen molar-refractivity contribution in [2.24, 2.45) is 5.92 Å². The monoisotopic (exact) mass is 239 g/mol. The van der Waals surface area contributed by atoms with Crippen molar-refractivity contribution in [1.29, 1.82) is 0 Å². The number of aromatic nitrogens is 1. The Morgan fingerprint density at radius 2 is 2.50 bits per heavy atom. The molecule has 0 radical (unpaired) electrons. The van der Waals surface area contributed by atoms with Gasteiger partial charge in [0.2, 0.25) is 0 Å². The second kappa shape index (κ2) is 5.75. The number of aryl methyl sites for hydroxylation is 1. The molecule has 1 atom stereocenters. The fourth-order valence-corrected chi connectivity index (χ4v) is 3.02. The predicted octanol–water partition coefficient (Wildman–Crippen LogP) is 1.75. The van der Waals surface area contributed by atoms with Crippen molar-refractivity contribution in [2.45, 2.75) is 26.3 Å². The molecule has 0 saturated carbocycles. The van der Waals surface area contributed by atoms with E-state index in [9.17, 15) is 0 Å². The molecule has 0 aliphatic carbocycles. The predicted molar refractivity (Wildman–Crippen MR) is 68.8 cm³/mol. The molecule has 4 heteroatoms. The minimum atomic E-state index is 0.837. The molecule has 0 amide bonds. The molecule has 90 valence electrons. The highest BCUT2D eigenvalue weighted by atomic mass is 32.1. The van der Waals surface area contributed by atoms with E-state index >= 15 is 0 Å². The number of hydrogen-bond donors (Lipinski definition) is 1. The first-order valence-corrected chi connectivity index (χ1v) is 6.92. The third-order valence-corrected chi connectivity index (χ3v) is 4.27. The molecule has 1 unspecified atom stereocenters. The quantitative estimate of drug-likeness (QED) is 0.848. The second-order valence-corrected chi connectivity index (χ2v) is 5.82. The van der Waals surface area contributed by atoms with E-state index in [4.69, 9.17) is 0 Å². The molecule has 3 nitrogen and oxygen atoms in total. The average Bonchev–Trinajstić information content (AvgIpc) is 2.88. The van der Waals surface area contributed by atoms with Crippen LogP contribution in [0.25, 0.3) is 0 Å². The van der Waals surface area contributed by atoms with Crippen LogP contribution in [-0.4, -0.2) is 36.6 Å². The maximum absolute atomic E-state index is 4.37. The van der Waals surface area contributed by atoms with Gasteiger partial charge in [-0.15, -0.1) is 11.3 Å². The minimum absolute atomic E-state index is 0.837. The molecule has 1 N–H and O–H groups in total. The zero-order chi connectivity index (χ0) is 11.4. The average molecular weight is 239 g/mol. The molecular formula is C12H21N3S. The van der Waals surface area contributed by atoms with Crippen molar-refractivity contribution in [3.63, 3.8) is 0 Å². The largest absolute Gasteiger partial charge is 0.311 e. The van der Waals surface area contributed by atoms with Crippen LogP contribution in [0, 0.1) is 5.92 Å². The Kier molecular flexibility index (Phi) is 4.32. The van der Waals surface area contributed by atoms with Crippen LogP contribution >= 0.6 is 11.3 Å². The summed E-state index contributed by atoms with van der Waals surface area (Å²) in [5.41, 5.74) is 0. The second-order valence-electron chi connectivity index (χ2n) is 4.62. The summed E-state index contributed by atoms with van der Waals surface area (Å²) < 4.78 is 0. The smallest absolute Gasteiger partial charge is 0.0925 e. The van der Waals surface area contributed by atoms with Gasteiger partial charge in [0, 0.05) is 24.2 Å². The molecule has 1 aromatic heterocycles. The molecule has 1 fully saturated rings. The van der Waals surface area contributed by atoms with Crippen LogP contribution in [0.1, 0.15) is 23.2 Å². The van der Waals surface area contributed by atoms with Crippen LogP contribution in [-0.2, 0) is 13.0 Å². The van der Waals surface area contributed by atoms with Crippen molar-refractivity contribution in [1.82, 2.24) is 15.2 Å². The third kappa shape index (κ3) is 3.27. The van der Waals surface area contributed by atoms with E-state index in [2.05, 4.69) is 29.2 Å². The normalized spacial score (nSPS) is 21.8. The Morgan fingerprint density at radius 1 is 1.62 bits per heavy atom. The first kappa shape index (κ1) is 12.0. The molecule has 0 bridgehead atoms. The highest BCUT2D eigenvalue weighted by Crippen LogP contribution is 2.15. The first-order chi connectivity index (χ1) is 7.78. The van der Waals surface area contributed by atoms with Crippen LogP contribution in [0.3, 0.4) is 0 Å². The van der Waals surface area contributed by atoms with Gasteiger partial charge in [-0.05, 0) is 38.9 Å². The molecule has 0 spiro atoms. The van der Waals surface area contributed by atoms with Crippen molar-refractivity contribution in [3.8, 4) is 0 Å². The Hall–Kier alpha value is -0.450. The number of likely N-dealkylation sites (tertiary alicyclic amines) is 1. The highest BCUT2D eigenvalue weighted by Gasteiger charge is 2.18. The van der Waals surface area contributed by atoms with Gasteiger partial charge in [-0.3, -0.25) is 0 Å². The van der Waals surface area contributed by atoms with Crippen LogP contribution < -0.4 is 5.32 Å². The maximum atomic E-state index is 4.37. The van der Waals surface area contributed by atoms with E-state index in [1.54, 1.807) is 0 Å². The van der Waals surface area contributed by atoms with Gasteiger partial charge in [0.15, 0.2) is 0 Å². The number of thiazole rings is 1. The molecule has 1 aliphatic rings. The molecule has 1 aliphatic heterocycles. The lowest BCUT2D eigenvalue weighted by atomic mass is 10.1. The number of hydrogen-bond acceptors (Lipinski definition) is 4. The fourth-order valence-electron chi connectivity index (χ4n) is 2.19. The van der Waals surface area contributed by atoms with E-state index in [-0.39, 0.29) is 0 Å². The molecule has 2 rings (SSSR count). The van der Waals surface area contributed by atoms with Crippen molar-refractivity contribution in [2.75, 3.05) is 26.7 Å². The summed E-state index contributed by atoms with van der Waals surface area (Å²) >= 11 is 1.83. The van der Waals surface area contributed by atoms with Gasteiger partial charge in [0.05, 0.1) is 5.01 Å². The summed E-state index contributed by atoms with van der Waals surface area (Å²) in [6.07, 6.45) is 4.40. The summed E-state index contributed by atoms with van der Waals surface area (Å²) in [6, 6.07) is 0. The molecule has 1 saturated heterocycles. The molecular weight excluding hydrogens is 218 g/mol. The van der Waals surface area contributed by atoms with Gasteiger partial charge in [-0.2, -0.15) is 0 Å². The number of nitrogens with zero attached hydrogens (tertiary/aromatic N) is 2. The fraction of sp³-hybridized carbons (Fsp3) is 0.750. The number of rotatable bonds is 5. The van der Waals surface area contributed by atoms with Crippen LogP contribution in [0.5, 0.6) is 0 Å². The molecule has 16 heavy (non-hydrogen) atoms. The lowest BCUT2D eigenvalue weighted by Gasteiger charge is -2.10. The summed E-state index contributed by atoms with van der Waals surface area (Å²) in [7, 11) is 2.21. The standard InChI is InChI=1S/C12H21N3S/c1-3-12-14-8-11(16-12)7-13-6-10-4-5-15(2)9-10/h8,10,13H,3-7,9H2,1-2H3. The van der Waals surface area contributed by atoms with Gasteiger partial charge in [0.25, 0.3) is 0 Å². The zero-order valence-electron chi connectivity index (χ0n) is 10.2. The van der Waals surface area contributed by atoms with E-state index in [1.807, 2.05) is 17.5 Å². The maximum Gasteiger partial charge on any atom is 0.0925 e. The summed E-state index contributed by atoms with van der Waals surface area (Å²) in [5.74, 6) is 0.837. The van der Waals surface area contributed by atoms with Gasteiger partial charge in [-0.1, -0.05) is 6.92 Å².